The molecule has 0 aliphatic rings. The third kappa shape index (κ3) is 3.72. The van der Waals surface area contributed by atoms with Crippen LogP contribution >= 0.6 is 11.6 Å². The number of amides is 2. The van der Waals surface area contributed by atoms with Crippen molar-refractivity contribution in [2.45, 2.75) is 20.0 Å². The first-order valence-corrected chi connectivity index (χ1v) is 6.38. The lowest BCUT2D eigenvalue weighted by Gasteiger charge is -2.08. The first-order valence-electron chi connectivity index (χ1n) is 6.00. The van der Waals surface area contributed by atoms with Gasteiger partial charge in [0.25, 0.3) is 0 Å². The number of aromatic nitrogens is 2. The van der Waals surface area contributed by atoms with E-state index in [2.05, 4.69) is 15.7 Å². The SMILES string of the molecule is CCn1nccc1CNC(=O)Nc1cccc(Cl)c1. The van der Waals surface area contributed by atoms with Crippen LogP contribution in [0.1, 0.15) is 12.6 Å². The lowest BCUT2D eigenvalue weighted by Crippen LogP contribution is -2.29. The topological polar surface area (TPSA) is 59.0 Å². The second kappa shape index (κ2) is 6.24. The normalized spacial score (nSPS) is 10.2. The van der Waals surface area contributed by atoms with Gasteiger partial charge < -0.3 is 10.6 Å². The zero-order valence-corrected chi connectivity index (χ0v) is 11.3. The molecule has 0 radical (unpaired) electrons. The number of hydrogen-bond acceptors (Lipinski definition) is 2. The Bertz CT molecular complexity index is 567. The van der Waals surface area contributed by atoms with Gasteiger partial charge in [0.15, 0.2) is 0 Å². The Hall–Kier alpha value is -2.01. The van der Waals surface area contributed by atoms with Crippen LogP contribution in [0, 0.1) is 0 Å². The maximum atomic E-state index is 11.7. The van der Waals surface area contributed by atoms with Crippen molar-refractivity contribution < 1.29 is 4.79 Å². The van der Waals surface area contributed by atoms with Crippen LogP contribution in [-0.4, -0.2) is 15.8 Å². The van der Waals surface area contributed by atoms with E-state index in [1.807, 2.05) is 17.7 Å². The molecule has 0 saturated heterocycles. The van der Waals surface area contributed by atoms with Gasteiger partial charge in [-0.05, 0) is 31.2 Å². The van der Waals surface area contributed by atoms with E-state index < -0.39 is 0 Å². The standard InChI is InChI=1S/C13H15ClN4O/c1-2-18-12(6-7-16-18)9-15-13(19)17-11-5-3-4-10(14)8-11/h3-8H,2,9H2,1H3,(H2,15,17,19). The first-order chi connectivity index (χ1) is 9.19. The van der Waals surface area contributed by atoms with E-state index in [4.69, 9.17) is 11.6 Å². The van der Waals surface area contributed by atoms with Crippen molar-refractivity contribution in [1.82, 2.24) is 15.1 Å². The molecular weight excluding hydrogens is 264 g/mol. The summed E-state index contributed by atoms with van der Waals surface area (Å²) in [5.74, 6) is 0. The highest BCUT2D eigenvalue weighted by molar-refractivity contribution is 6.30. The quantitative estimate of drug-likeness (QED) is 0.903. The number of hydrogen-bond donors (Lipinski definition) is 2. The molecular formula is C13H15ClN4O. The number of nitrogens with one attached hydrogen (secondary N) is 2. The van der Waals surface area contributed by atoms with E-state index in [1.165, 1.54) is 0 Å². The van der Waals surface area contributed by atoms with Gasteiger partial charge in [0, 0.05) is 23.5 Å². The molecule has 1 heterocycles. The number of aryl methyl sites for hydroxylation is 1. The number of carbonyl (C=O) groups is 1. The second-order valence-corrected chi connectivity index (χ2v) is 4.39. The highest BCUT2D eigenvalue weighted by Gasteiger charge is 2.04. The van der Waals surface area contributed by atoms with Gasteiger partial charge in [0.05, 0.1) is 12.2 Å². The summed E-state index contributed by atoms with van der Waals surface area (Å²) in [5.41, 5.74) is 1.62. The maximum Gasteiger partial charge on any atom is 0.319 e. The van der Waals surface area contributed by atoms with Gasteiger partial charge in [-0.1, -0.05) is 17.7 Å². The van der Waals surface area contributed by atoms with Crippen molar-refractivity contribution in [3.05, 3.63) is 47.2 Å². The number of halogens is 1. The average molecular weight is 279 g/mol. The van der Waals surface area contributed by atoms with Crippen molar-refractivity contribution in [2.75, 3.05) is 5.32 Å². The molecule has 0 spiro atoms. The summed E-state index contributed by atoms with van der Waals surface area (Å²) in [6.45, 7) is 3.21. The third-order valence-corrected chi connectivity index (χ3v) is 2.85. The zero-order chi connectivity index (χ0) is 13.7. The Balaban J connectivity index is 1.88. The summed E-state index contributed by atoms with van der Waals surface area (Å²) in [6.07, 6.45) is 1.72. The molecule has 100 valence electrons. The molecule has 6 heteroatoms. The van der Waals surface area contributed by atoms with Crippen LogP contribution in [-0.2, 0) is 13.1 Å². The van der Waals surface area contributed by atoms with Crippen LogP contribution < -0.4 is 10.6 Å². The van der Waals surface area contributed by atoms with Crippen LogP contribution in [0.3, 0.4) is 0 Å². The largest absolute Gasteiger partial charge is 0.332 e. The lowest BCUT2D eigenvalue weighted by molar-refractivity contribution is 0.251. The Morgan fingerprint density at radius 2 is 2.26 bits per heavy atom. The second-order valence-electron chi connectivity index (χ2n) is 3.96. The summed E-state index contributed by atoms with van der Waals surface area (Å²) in [7, 11) is 0. The predicted molar refractivity (Wildman–Crippen MR) is 75.2 cm³/mol. The average Bonchev–Trinajstić information content (AvgIpc) is 2.83. The molecule has 5 nitrogen and oxygen atoms in total. The Labute approximate surface area is 116 Å². The van der Waals surface area contributed by atoms with Gasteiger partial charge in [-0.25, -0.2) is 4.79 Å². The number of urea groups is 1. The molecule has 2 rings (SSSR count). The summed E-state index contributed by atoms with van der Waals surface area (Å²) in [6, 6.07) is 8.61. The van der Waals surface area contributed by atoms with Gasteiger partial charge >= 0.3 is 6.03 Å². The number of nitrogens with zero attached hydrogens (tertiary/aromatic N) is 2. The van der Waals surface area contributed by atoms with Crippen molar-refractivity contribution in [3.8, 4) is 0 Å². The van der Waals surface area contributed by atoms with Crippen molar-refractivity contribution in [3.63, 3.8) is 0 Å². The maximum absolute atomic E-state index is 11.7. The van der Waals surface area contributed by atoms with E-state index >= 15 is 0 Å². The molecule has 0 aliphatic heterocycles. The highest BCUT2D eigenvalue weighted by atomic mass is 35.5. The van der Waals surface area contributed by atoms with Crippen LogP contribution in [0.5, 0.6) is 0 Å². The fraction of sp³-hybridized carbons (Fsp3) is 0.231. The monoisotopic (exact) mass is 278 g/mol. The third-order valence-electron chi connectivity index (χ3n) is 2.62. The van der Waals surface area contributed by atoms with E-state index in [0.717, 1.165) is 12.2 Å². The van der Waals surface area contributed by atoms with Crippen LogP contribution in [0.4, 0.5) is 10.5 Å². The molecule has 1 aromatic carbocycles. The van der Waals surface area contributed by atoms with E-state index in [1.54, 1.807) is 30.5 Å². The van der Waals surface area contributed by atoms with E-state index in [0.29, 0.717) is 17.3 Å². The number of rotatable bonds is 4. The molecule has 0 fully saturated rings. The van der Waals surface area contributed by atoms with Gasteiger partial charge in [-0.15, -0.1) is 0 Å². The molecule has 0 saturated carbocycles. The zero-order valence-electron chi connectivity index (χ0n) is 10.6. The molecule has 2 aromatic rings. The minimum absolute atomic E-state index is 0.272. The van der Waals surface area contributed by atoms with Crippen LogP contribution in [0.15, 0.2) is 36.5 Å². The number of anilines is 1. The van der Waals surface area contributed by atoms with Crippen molar-refractivity contribution in [1.29, 1.82) is 0 Å². The van der Waals surface area contributed by atoms with Gasteiger partial charge in [0.2, 0.25) is 0 Å². The molecule has 0 unspecified atom stereocenters. The predicted octanol–water partition coefficient (Wildman–Crippen LogP) is 2.88. The minimum Gasteiger partial charge on any atom is -0.332 e. The Kier molecular flexibility index (Phi) is 4.41. The fourth-order valence-electron chi connectivity index (χ4n) is 1.71. The van der Waals surface area contributed by atoms with Crippen LogP contribution in [0.25, 0.3) is 0 Å². The Morgan fingerprint density at radius 3 is 3.00 bits per heavy atom. The molecule has 2 amide bonds. The summed E-state index contributed by atoms with van der Waals surface area (Å²) in [5, 5.41) is 10.2. The molecule has 19 heavy (non-hydrogen) atoms. The molecule has 0 aliphatic carbocycles. The minimum atomic E-state index is -0.272. The lowest BCUT2D eigenvalue weighted by atomic mass is 10.3. The van der Waals surface area contributed by atoms with E-state index in [-0.39, 0.29) is 6.03 Å². The smallest absolute Gasteiger partial charge is 0.319 e. The molecule has 0 atom stereocenters. The summed E-state index contributed by atoms with van der Waals surface area (Å²) < 4.78 is 1.83. The molecule has 0 bridgehead atoms. The highest BCUT2D eigenvalue weighted by Crippen LogP contribution is 2.14. The van der Waals surface area contributed by atoms with Gasteiger partial charge in [-0.2, -0.15) is 5.10 Å². The summed E-state index contributed by atoms with van der Waals surface area (Å²) in [4.78, 5) is 11.7. The molecule has 2 N–H and O–H groups in total. The van der Waals surface area contributed by atoms with Gasteiger partial charge in [-0.3, -0.25) is 4.68 Å². The van der Waals surface area contributed by atoms with Crippen LogP contribution in [0.2, 0.25) is 5.02 Å². The number of benzene rings is 1. The first kappa shape index (κ1) is 13.4. The van der Waals surface area contributed by atoms with Crippen molar-refractivity contribution in [2.24, 2.45) is 0 Å². The van der Waals surface area contributed by atoms with Crippen molar-refractivity contribution >= 4 is 23.3 Å². The van der Waals surface area contributed by atoms with E-state index in [9.17, 15) is 4.79 Å². The Morgan fingerprint density at radius 1 is 1.42 bits per heavy atom. The summed E-state index contributed by atoms with van der Waals surface area (Å²) >= 11 is 5.84. The van der Waals surface area contributed by atoms with Gasteiger partial charge in [0.1, 0.15) is 0 Å². The number of carbonyl (C=O) groups excluding carboxylic acids is 1. The fourth-order valence-corrected chi connectivity index (χ4v) is 1.90. The molecule has 1 aromatic heterocycles.